The maximum atomic E-state index is 12.3. The smallest absolute Gasteiger partial charge is 0.251 e. The van der Waals surface area contributed by atoms with E-state index in [4.69, 9.17) is 0 Å². The van der Waals surface area contributed by atoms with Gasteiger partial charge < -0.3 is 5.32 Å². The van der Waals surface area contributed by atoms with E-state index in [1.54, 1.807) is 6.20 Å². The predicted molar refractivity (Wildman–Crippen MR) is 110 cm³/mol. The highest BCUT2D eigenvalue weighted by Crippen LogP contribution is 2.23. The van der Waals surface area contributed by atoms with Gasteiger partial charge in [-0.1, -0.05) is 48.5 Å². The van der Waals surface area contributed by atoms with E-state index in [1.807, 2.05) is 78.9 Å². The molecule has 0 fully saturated rings. The van der Waals surface area contributed by atoms with Gasteiger partial charge in [0.25, 0.3) is 5.91 Å². The Labute approximate surface area is 163 Å². The number of amides is 1. The molecule has 0 aliphatic rings. The van der Waals surface area contributed by atoms with E-state index in [2.05, 4.69) is 20.5 Å². The van der Waals surface area contributed by atoms with Gasteiger partial charge in [-0.2, -0.15) is 5.10 Å². The standard InChI is InChI=1S/C23H20N4O/c28-23(25-15-13-20-8-4-5-14-24-20)19-11-9-18(10-12-19)22-16-21(26-27-22)17-6-2-1-3-7-17/h1-12,14,16H,13,15H2,(H,25,28)(H,26,27). The van der Waals surface area contributed by atoms with Crippen LogP contribution in [0.25, 0.3) is 22.5 Å². The highest BCUT2D eigenvalue weighted by atomic mass is 16.1. The third kappa shape index (κ3) is 4.15. The van der Waals surface area contributed by atoms with Crippen LogP contribution in [0.1, 0.15) is 16.1 Å². The number of H-pyrrole nitrogens is 1. The van der Waals surface area contributed by atoms with Crippen molar-refractivity contribution in [1.29, 1.82) is 0 Å². The quantitative estimate of drug-likeness (QED) is 0.538. The summed E-state index contributed by atoms with van der Waals surface area (Å²) >= 11 is 0. The molecule has 2 heterocycles. The van der Waals surface area contributed by atoms with Crippen LogP contribution in [0.2, 0.25) is 0 Å². The SMILES string of the molecule is O=C(NCCc1ccccn1)c1ccc(-c2cc(-c3ccccc3)n[nH]2)cc1. The third-order valence-electron chi connectivity index (χ3n) is 4.50. The fourth-order valence-corrected chi connectivity index (χ4v) is 2.98. The van der Waals surface area contributed by atoms with Gasteiger partial charge >= 0.3 is 0 Å². The fraction of sp³-hybridized carbons (Fsp3) is 0.0870. The largest absolute Gasteiger partial charge is 0.352 e. The van der Waals surface area contributed by atoms with Crippen molar-refractivity contribution in [3.05, 3.63) is 96.3 Å². The molecule has 4 aromatic rings. The van der Waals surface area contributed by atoms with Crippen LogP contribution < -0.4 is 5.32 Å². The van der Waals surface area contributed by atoms with Crippen LogP contribution >= 0.6 is 0 Å². The molecular formula is C23H20N4O. The lowest BCUT2D eigenvalue weighted by Crippen LogP contribution is -2.25. The van der Waals surface area contributed by atoms with Crippen molar-refractivity contribution in [2.45, 2.75) is 6.42 Å². The van der Waals surface area contributed by atoms with Crippen LogP contribution in [0.5, 0.6) is 0 Å². The molecule has 28 heavy (non-hydrogen) atoms. The van der Waals surface area contributed by atoms with Crippen LogP contribution in [0.4, 0.5) is 0 Å². The number of hydrogen-bond acceptors (Lipinski definition) is 3. The van der Waals surface area contributed by atoms with Crippen molar-refractivity contribution in [3.63, 3.8) is 0 Å². The van der Waals surface area contributed by atoms with Gasteiger partial charge in [0.1, 0.15) is 0 Å². The highest BCUT2D eigenvalue weighted by molar-refractivity contribution is 5.94. The van der Waals surface area contributed by atoms with Gasteiger partial charge in [-0.25, -0.2) is 0 Å². The van der Waals surface area contributed by atoms with Crippen molar-refractivity contribution in [2.75, 3.05) is 6.54 Å². The second kappa shape index (κ2) is 8.31. The van der Waals surface area contributed by atoms with E-state index in [-0.39, 0.29) is 5.91 Å². The minimum atomic E-state index is -0.0860. The first-order valence-corrected chi connectivity index (χ1v) is 9.19. The van der Waals surface area contributed by atoms with Crippen LogP contribution in [0.15, 0.2) is 85.1 Å². The molecule has 1 amide bonds. The Morgan fingerprint density at radius 2 is 1.68 bits per heavy atom. The number of benzene rings is 2. The van der Waals surface area contributed by atoms with Crippen LogP contribution in [-0.4, -0.2) is 27.6 Å². The normalized spacial score (nSPS) is 10.6. The van der Waals surface area contributed by atoms with Crippen molar-refractivity contribution in [3.8, 4) is 22.5 Å². The lowest BCUT2D eigenvalue weighted by Gasteiger charge is -2.06. The molecule has 0 saturated carbocycles. The van der Waals surface area contributed by atoms with E-state index in [9.17, 15) is 4.79 Å². The van der Waals surface area contributed by atoms with Gasteiger partial charge in [-0.3, -0.25) is 14.9 Å². The lowest BCUT2D eigenvalue weighted by molar-refractivity contribution is 0.0954. The van der Waals surface area contributed by atoms with Crippen molar-refractivity contribution < 1.29 is 4.79 Å². The second-order valence-corrected chi connectivity index (χ2v) is 6.44. The topological polar surface area (TPSA) is 70.7 Å². The van der Waals surface area contributed by atoms with Gasteiger partial charge in [0.15, 0.2) is 0 Å². The maximum Gasteiger partial charge on any atom is 0.251 e. The summed E-state index contributed by atoms with van der Waals surface area (Å²) in [4.78, 5) is 16.6. The van der Waals surface area contributed by atoms with E-state index < -0.39 is 0 Å². The van der Waals surface area contributed by atoms with Crippen LogP contribution in [0, 0.1) is 0 Å². The molecule has 0 aliphatic carbocycles. The summed E-state index contributed by atoms with van der Waals surface area (Å²) in [6.45, 7) is 0.554. The van der Waals surface area contributed by atoms with Crippen molar-refractivity contribution in [2.24, 2.45) is 0 Å². The Hall–Kier alpha value is -3.73. The zero-order valence-corrected chi connectivity index (χ0v) is 15.3. The molecule has 5 heteroatoms. The molecule has 0 saturated heterocycles. The number of aromatic nitrogens is 3. The average Bonchev–Trinajstić information content (AvgIpc) is 3.25. The molecule has 2 N–H and O–H groups in total. The molecule has 138 valence electrons. The molecule has 0 bridgehead atoms. The molecule has 4 rings (SSSR count). The summed E-state index contributed by atoms with van der Waals surface area (Å²) in [6.07, 6.45) is 2.47. The minimum absolute atomic E-state index is 0.0860. The molecule has 0 atom stereocenters. The number of nitrogens with zero attached hydrogens (tertiary/aromatic N) is 2. The summed E-state index contributed by atoms with van der Waals surface area (Å²) in [5.41, 5.74) is 5.46. The first kappa shape index (κ1) is 17.7. The predicted octanol–water partition coefficient (Wildman–Crippen LogP) is 4.11. The van der Waals surface area contributed by atoms with Gasteiger partial charge in [0.2, 0.25) is 0 Å². The zero-order chi connectivity index (χ0) is 19.2. The number of hydrogen-bond donors (Lipinski definition) is 2. The third-order valence-corrected chi connectivity index (χ3v) is 4.50. The number of carbonyl (C=O) groups excluding carboxylic acids is 1. The maximum absolute atomic E-state index is 12.3. The van der Waals surface area contributed by atoms with Gasteiger partial charge in [-0.15, -0.1) is 0 Å². The van der Waals surface area contributed by atoms with Crippen LogP contribution in [0.3, 0.4) is 0 Å². The average molecular weight is 368 g/mol. The second-order valence-electron chi connectivity index (χ2n) is 6.44. The summed E-state index contributed by atoms with van der Waals surface area (Å²) in [5, 5.41) is 10.4. The Balaban J connectivity index is 1.38. The molecule has 5 nitrogen and oxygen atoms in total. The van der Waals surface area contributed by atoms with Gasteiger partial charge in [0, 0.05) is 36.0 Å². The summed E-state index contributed by atoms with van der Waals surface area (Å²) in [6, 6.07) is 25.3. The van der Waals surface area contributed by atoms with Crippen molar-refractivity contribution in [1.82, 2.24) is 20.5 Å². The molecule has 0 aliphatic heterocycles. The zero-order valence-electron chi connectivity index (χ0n) is 15.3. The lowest BCUT2D eigenvalue weighted by atomic mass is 10.1. The number of rotatable bonds is 6. The summed E-state index contributed by atoms with van der Waals surface area (Å²) < 4.78 is 0. The first-order valence-electron chi connectivity index (χ1n) is 9.19. The Bertz CT molecular complexity index is 1040. The number of carbonyl (C=O) groups is 1. The van der Waals surface area contributed by atoms with Crippen molar-refractivity contribution >= 4 is 5.91 Å². The molecule has 2 aromatic heterocycles. The Morgan fingerprint density at radius 1 is 0.893 bits per heavy atom. The summed E-state index contributed by atoms with van der Waals surface area (Å²) in [7, 11) is 0. The minimum Gasteiger partial charge on any atom is -0.352 e. The van der Waals surface area contributed by atoms with Gasteiger partial charge in [0.05, 0.1) is 11.4 Å². The molecule has 2 aromatic carbocycles. The number of aromatic amines is 1. The van der Waals surface area contributed by atoms with E-state index in [1.165, 1.54) is 0 Å². The first-order chi connectivity index (χ1) is 13.8. The number of nitrogens with one attached hydrogen (secondary N) is 2. The Morgan fingerprint density at radius 3 is 2.43 bits per heavy atom. The van der Waals surface area contributed by atoms with E-state index in [0.29, 0.717) is 18.5 Å². The molecular weight excluding hydrogens is 348 g/mol. The van der Waals surface area contributed by atoms with E-state index >= 15 is 0 Å². The van der Waals surface area contributed by atoms with Crippen LogP contribution in [-0.2, 0) is 6.42 Å². The monoisotopic (exact) mass is 368 g/mol. The molecule has 0 spiro atoms. The number of pyridine rings is 1. The fourth-order valence-electron chi connectivity index (χ4n) is 2.98. The summed E-state index contributed by atoms with van der Waals surface area (Å²) in [5.74, 6) is -0.0860. The molecule has 0 unspecified atom stereocenters. The van der Waals surface area contributed by atoms with Gasteiger partial charge in [-0.05, 0) is 35.9 Å². The Kier molecular flexibility index (Phi) is 5.24. The molecule has 0 radical (unpaired) electrons. The van der Waals surface area contributed by atoms with E-state index in [0.717, 1.165) is 28.2 Å². The highest BCUT2D eigenvalue weighted by Gasteiger charge is 2.08.